The maximum absolute atomic E-state index is 8.98. The van der Waals surface area contributed by atoms with Crippen LogP contribution in [-0.4, -0.2) is 18.3 Å². The zero-order valence-electron chi connectivity index (χ0n) is 11.8. The Hall–Kier alpha value is -1.57. The topological polar surface area (TPSA) is 42.2 Å². The van der Waals surface area contributed by atoms with Crippen LogP contribution < -0.4 is 0 Å². The summed E-state index contributed by atoms with van der Waals surface area (Å²) < 4.78 is 12.0. The molecule has 0 bridgehead atoms. The highest BCUT2D eigenvalue weighted by molar-refractivity contribution is 6.69. The summed E-state index contributed by atoms with van der Waals surface area (Å²) in [5, 5.41) is 8.98. The van der Waals surface area contributed by atoms with Crippen molar-refractivity contribution in [2.24, 2.45) is 0 Å². The van der Waals surface area contributed by atoms with Gasteiger partial charge in [0.05, 0.1) is 17.3 Å². The average Bonchev–Trinajstić information content (AvgIpc) is 2.56. The van der Waals surface area contributed by atoms with E-state index in [4.69, 9.17) is 14.6 Å². The lowest BCUT2D eigenvalue weighted by atomic mass is 9.74. The number of nitriles is 1. The van der Waals surface area contributed by atoms with E-state index in [0.29, 0.717) is 0 Å². The Labute approximate surface area is 115 Å². The number of hydrogen-bond acceptors (Lipinski definition) is 3. The number of allylic oxidation sites excluding steroid dienone is 1. The van der Waals surface area contributed by atoms with E-state index in [0.717, 1.165) is 11.0 Å². The number of rotatable bonds is 2. The van der Waals surface area contributed by atoms with E-state index < -0.39 is 18.3 Å². The average molecular weight is 255 g/mol. The Bertz CT molecular complexity index is 513. The predicted molar refractivity (Wildman–Crippen MR) is 76.1 cm³/mol. The van der Waals surface area contributed by atoms with Gasteiger partial charge in [-0.2, -0.15) is 5.26 Å². The summed E-state index contributed by atoms with van der Waals surface area (Å²) in [6.07, 6.45) is 1.50. The smallest absolute Gasteiger partial charge is 0.399 e. The normalized spacial score (nSPS) is 21.2. The van der Waals surface area contributed by atoms with Crippen LogP contribution in [0.3, 0.4) is 0 Å². The van der Waals surface area contributed by atoms with Crippen molar-refractivity contribution in [1.29, 1.82) is 5.26 Å². The molecule has 0 saturated carbocycles. The molecular formula is C15H18BNO2. The van der Waals surface area contributed by atoms with Crippen molar-refractivity contribution in [2.75, 3.05) is 0 Å². The molecule has 1 aromatic carbocycles. The molecule has 0 aromatic heterocycles. The van der Waals surface area contributed by atoms with Gasteiger partial charge in [-0.25, -0.2) is 0 Å². The molecule has 1 fully saturated rings. The molecule has 0 radical (unpaired) electrons. The minimum Gasteiger partial charge on any atom is -0.399 e. The molecule has 4 heteroatoms. The monoisotopic (exact) mass is 255 g/mol. The van der Waals surface area contributed by atoms with Crippen LogP contribution in [0.2, 0.25) is 0 Å². The van der Waals surface area contributed by atoms with Crippen molar-refractivity contribution in [3.8, 4) is 6.07 Å². The van der Waals surface area contributed by atoms with Crippen LogP contribution >= 0.6 is 0 Å². The third-order valence-corrected chi connectivity index (χ3v) is 3.83. The van der Waals surface area contributed by atoms with Gasteiger partial charge in [0.2, 0.25) is 0 Å². The zero-order chi connectivity index (χ0) is 14.1. The molecule has 1 aliphatic rings. The molecule has 0 N–H and O–H groups in total. The van der Waals surface area contributed by atoms with Gasteiger partial charge < -0.3 is 9.31 Å². The van der Waals surface area contributed by atoms with Gasteiger partial charge in [0, 0.05) is 11.5 Å². The molecule has 3 nitrogen and oxygen atoms in total. The fourth-order valence-corrected chi connectivity index (χ4v) is 1.96. The molecule has 1 aliphatic heterocycles. The van der Waals surface area contributed by atoms with Gasteiger partial charge in [0.25, 0.3) is 0 Å². The number of nitrogens with zero attached hydrogens (tertiary/aromatic N) is 1. The van der Waals surface area contributed by atoms with Crippen LogP contribution in [0.4, 0.5) is 0 Å². The van der Waals surface area contributed by atoms with Crippen LogP contribution in [-0.2, 0) is 9.31 Å². The van der Waals surface area contributed by atoms with Crippen LogP contribution in [0.5, 0.6) is 0 Å². The fourth-order valence-electron chi connectivity index (χ4n) is 1.96. The first kappa shape index (κ1) is 13.9. The quantitative estimate of drug-likeness (QED) is 0.601. The Morgan fingerprint density at radius 1 is 1.11 bits per heavy atom. The molecule has 2 rings (SSSR count). The number of benzene rings is 1. The van der Waals surface area contributed by atoms with E-state index >= 15 is 0 Å². The van der Waals surface area contributed by atoms with Crippen LogP contribution in [0.25, 0.3) is 5.47 Å². The third-order valence-electron chi connectivity index (χ3n) is 3.83. The standard InChI is InChI=1S/C15H18BNO2/c1-14(2)15(3,4)19-16(18-14)13(10-11-17)12-8-6-5-7-9-12/h5-10H,1-4H3. The van der Waals surface area contributed by atoms with E-state index in [9.17, 15) is 0 Å². The van der Waals surface area contributed by atoms with E-state index in [2.05, 4.69) is 6.07 Å². The van der Waals surface area contributed by atoms with Gasteiger partial charge in [0.1, 0.15) is 0 Å². The first-order valence-electron chi connectivity index (χ1n) is 6.38. The maximum atomic E-state index is 8.98. The van der Waals surface area contributed by atoms with Crippen molar-refractivity contribution in [2.45, 2.75) is 38.9 Å². The van der Waals surface area contributed by atoms with Crippen molar-refractivity contribution in [3.05, 3.63) is 42.0 Å². The van der Waals surface area contributed by atoms with Crippen molar-refractivity contribution in [1.82, 2.24) is 0 Å². The summed E-state index contributed by atoms with van der Waals surface area (Å²) >= 11 is 0. The van der Waals surface area contributed by atoms with Crippen molar-refractivity contribution < 1.29 is 9.31 Å². The van der Waals surface area contributed by atoms with Crippen molar-refractivity contribution >= 4 is 12.6 Å². The van der Waals surface area contributed by atoms with Gasteiger partial charge in [-0.15, -0.1) is 0 Å². The van der Waals surface area contributed by atoms with Gasteiger partial charge in [-0.3, -0.25) is 0 Å². The molecule has 0 atom stereocenters. The summed E-state index contributed by atoms with van der Waals surface area (Å²) in [5.41, 5.74) is 0.909. The van der Waals surface area contributed by atoms with E-state index in [1.54, 1.807) is 0 Å². The Balaban J connectivity index is 2.35. The van der Waals surface area contributed by atoms with Gasteiger partial charge >= 0.3 is 7.12 Å². The van der Waals surface area contributed by atoms with Crippen LogP contribution in [0.15, 0.2) is 36.4 Å². The molecule has 0 spiro atoms. The molecule has 98 valence electrons. The van der Waals surface area contributed by atoms with Crippen molar-refractivity contribution in [3.63, 3.8) is 0 Å². The molecule has 19 heavy (non-hydrogen) atoms. The molecule has 1 heterocycles. The highest BCUT2D eigenvalue weighted by Crippen LogP contribution is 2.40. The Morgan fingerprint density at radius 2 is 1.63 bits per heavy atom. The van der Waals surface area contributed by atoms with Crippen LogP contribution in [0.1, 0.15) is 33.3 Å². The second kappa shape index (κ2) is 4.84. The van der Waals surface area contributed by atoms with Gasteiger partial charge in [0.15, 0.2) is 0 Å². The van der Waals surface area contributed by atoms with Gasteiger partial charge in [-0.05, 0) is 33.3 Å². The summed E-state index contributed by atoms with van der Waals surface area (Å²) in [7, 11) is -0.507. The van der Waals surface area contributed by atoms with E-state index in [-0.39, 0.29) is 0 Å². The molecular weight excluding hydrogens is 237 g/mol. The molecule has 0 unspecified atom stereocenters. The first-order chi connectivity index (χ1) is 8.87. The third kappa shape index (κ3) is 2.58. The Morgan fingerprint density at radius 3 is 2.11 bits per heavy atom. The molecule has 1 saturated heterocycles. The van der Waals surface area contributed by atoms with Crippen LogP contribution in [0, 0.1) is 11.3 Å². The minimum absolute atomic E-state index is 0.402. The predicted octanol–water partition coefficient (Wildman–Crippen LogP) is 3.22. The molecule has 1 aromatic rings. The number of hydrogen-bond donors (Lipinski definition) is 0. The Kier molecular flexibility index (Phi) is 3.53. The summed E-state index contributed by atoms with van der Waals surface area (Å²) in [6, 6.07) is 11.8. The SMILES string of the molecule is CC1(C)OB(C(=CC#N)c2ccccc2)OC1(C)C. The summed E-state index contributed by atoms with van der Waals surface area (Å²) in [4.78, 5) is 0. The lowest BCUT2D eigenvalue weighted by Crippen LogP contribution is -2.41. The molecule has 0 amide bonds. The largest absolute Gasteiger partial charge is 0.496 e. The highest BCUT2D eigenvalue weighted by Gasteiger charge is 2.52. The summed E-state index contributed by atoms with van der Waals surface area (Å²) in [5.74, 6) is 0. The zero-order valence-corrected chi connectivity index (χ0v) is 11.8. The fraction of sp³-hybridized carbons (Fsp3) is 0.400. The highest BCUT2D eigenvalue weighted by atomic mass is 16.7. The lowest BCUT2D eigenvalue weighted by Gasteiger charge is -2.32. The first-order valence-corrected chi connectivity index (χ1v) is 6.38. The van der Waals surface area contributed by atoms with E-state index in [1.165, 1.54) is 6.08 Å². The second-order valence-electron chi connectivity index (χ2n) is 5.68. The van der Waals surface area contributed by atoms with E-state index in [1.807, 2.05) is 58.0 Å². The summed E-state index contributed by atoms with van der Waals surface area (Å²) in [6.45, 7) is 8.01. The van der Waals surface area contributed by atoms with Gasteiger partial charge in [-0.1, -0.05) is 30.3 Å². The lowest BCUT2D eigenvalue weighted by molar-refractivity contribution is 0.00578. The second-order valence-corrected chi connectivity index (χ2v) is 5.68. The maximum Gasteiger partial charge on any atom is 0.496 e. The molecule has 0 aliphatic carbocycles. The minimum atomic E-state index is -0.507.